The van der Waals surface area contributed by atoms with Gasteiger partial charge in [0, 0.05) is 11.5 Å². The Hall–Kier alpha value is -0.980. The molecule has 0 radical (unpaired) electrons. The molecular weight excluding hydrogens is 134 g/mol. The number of aromatic nitrogens is 1. The van der Waals surface area contributed by atoms with Crippen LogP contribution in [0.5, 0.6) is 0 Å². The minimum Gasteiger partial charge on any atom is -0.361 e. The van der Waals surface area contributed by atoms with Crippen molar-refractivity contribution in [2.24, 2.45) is 0 Å². The van der Waals surface area contributed by atoms with E-state index < -0.39 is 0 Å². The summed E-state index contributed by atoms with van der Waals surface area (Å²) in [6.07, 6.45) is 4.49. The molecule has 0 bridgehead atoms. The summed E-state index contributed by atoms with van der Waals surface area (Å²) in [6, 6.07) is 2.17. The molecule has 0 fully saturated rings. The van der Waals surface area contributed by atoms with Crippen molar-refractivity contribution in [3.05, 3.63) is 22.8 Å². The summed E-state index contributed by atoms with van der Waals surface area (Å²) in [7, 11) is 0. The summed E-state index contributed by atoms with van der Waals surface area (Å²) in [6.45, 7) is 4.43. The largest absolute Gasteiger partial charge is 0.361 e. The zero-order chi connectivity index (χ0) is 7.84. The highest BCUT2D eigenvalue weighted by Crippen LogP contribution is 2.11. The molecular formula is C10H13N. The van der Waals surface area contributed by atoms with Crippen molar-refractivity contribution in [3.8, 4) is 0 Å². The normalized spacial score (nSPS) is 16.9. The molecule has 0 saturated carbocycles. The highest BCUT2D eigenvalue weighted by atomic mass is 14.7. The third-order valence-corrected chi connectivity index (χ3v) is 2.51. The standard InChI is InChI=1S/C10H13N/c1-7-3-4-8(2)10-9(7)5-6-11-10/h5-6,11H,3-4H2,1-2H3. The van der Waals surface area contributed by atoms with E-state index in [0.717, 1.165) is 0 Å². The van der Waals surface area contributed by atoms with Crippen LogP contribution in [0.25, 0.3) is 11.1 Å². The maximum absolute atomic E-state index is 3.28. The van der Waals surface area contributed by atoms with Gasteiger partial charge in [-0.3, -0.25) is 0 Å². The van der Waals surface area contributed by atoms with Crippen LogP contribution in [-0.4, -0.2) is 4.98 Å². The van der Waals surface area contributed by atoms with Crippen LogP contribution in [0.15, 0.2) is 12.3 Å². The van der Waals surface area contributed by atoms with Gasteiger partial charge in [0.15, 0.2) is 0 Å². The van der Waals surface area contributed by atoms with Crippen molar-refractivity contribution >= 4 is 11.1 Å². The smallest absolute Gasteiger partial charge is 0.0442 e. The summed E-state index contributed by atoms with van der Waals surface area (Å²) < 4.78 is 0. The van der Waals surface area contributed by atoms with Crippen LogP contribution in [0.4, 0.5) is 0 Å². The highest BCUT2D eigenvalue weighted by molar-refractivity contribution is 5.54. The SMILES string of the molecule is CC1=c2cc[nH]c2=C(C)CC1. The predicted molar refractivity (Wildman–Crippen MR) is 47.4 cm³/mol. The number of hydrogen-bond acceptors (Lipinski definition) is 0. The van der Waals surface area contributed by atoms with E-state index in [1.165, 1.54) is 34.6 Å². The Bertz CT molecular complexity index is 345. The Morgan fingerprint density at radius 1 is 1.18 bits per heavy atom. The van der Waals surface area contributed by atoms with Gasteiger partial charge in [-0.1, -0.05) is 5.57 Å². The van der Waals surface area contributed by atoms with Gasteiger partial charge in [-0.25, -0.2) is 0 Å². The molecule has 0 aromatic carbocycles. The number of H-pyrrole nitrogens is 1. The van der Waals surface area contributed by atoms with Crippen molar-refractivity contribution in [1.82, 2.24) is 4.98 Å². The van der Waals surface area contributed by atoms with Gasteiger partial charge in [-0.05, 0) is 43.5 Å². The maximum atomic E-state index is 3.28. The second-order valence-electron chi connectivity index (χ2n) is 3.33. The number of fused-ring (bicyclic) bond motifs is 1. The van der Waals surface area contributed by atoms with E-state index in [0.29, 0.717) is 0 Å². The van der Waals surface area contributed by atoms with E-state index in [-0.39, 0.29) is 0 Å². The molecule has 1 heteroatoms. The molecule has 11 heavy (non-hydrogen) atoms. The Kier molecular flexibility index (Phi) is 1.38. The molecule has 1 heterocycles. The zero-order valence-electron chi connectivity index (χ0n) is 7.07. The molecule has 0 amide bonds. The quantitative estimate of drug-likeness (QED) is 0.566. The number of nitrogens with one attached hydrogen (secondary N) is 1. The van der Waals surface area contributed by atoms with E-state index in [2.05, 4.69) is 24.9 Å². The first-order valence-corrected chi connectivity index (χ1v) is 4.12. The topological polar surface area (TPSA) is 15.8 Å². The molecule has 1 aromatic heterocycles. The first-order valence-electron chi connectivity index (χ1n) is 4.12. The molecule has 0 spiro atoms. The third kappa shape index (κ3) is 0.917. The van der Waals surface area contributed by atoms with Crippen molar-refractivity contribution < 1.29 is 0 Å². The van der Waals surface area contributed by atoms with Crippen LogP contribution in [0, 0.1) is 0 Å². The molecule has 2 rings (SSSR count). The lowest BCUT2D eigenvalue weighted by Gasteiger charge is -2.06. The van der Waals surface area contributed by atoms with E-state index in [1.807, 2.05) is 6.20 Å². The number of aromatic amines is 1. The lowest BCUT2D eigenvalue weighted by Crippen LogP contribution is -2.29. The average Bonchev–Trinajstić information content (AvgIpc) is 2.45. The van der Waals surface area contributed by atoms with Crippen molar-refractivity contribution in [1.29, 1.82) is 0 Å². The molecule has 0 atom stereocenters. The Morgan fingerprint density at radius 2 is 1.91 bits per heavy atom. The lowest BCUT2D eigenvalue weighted by atomic mass is 10.00. The molecule has 0 aliphatic heterocycles. The molecule has 1 aliphatic rings. The van der Waals surface area contributed by atoms with Crippen LogP contribution in [-0.2, 0) is 0 Å². The van der Waals surface area contributed by atoms with Gasteiger partial charge >= 0.3 is 0 Å². The molecule has 1 aromatic rings. The molecule has 1 N–H and O–H groups in total. The second-order valence-corrected chi connectivity index (χ2v) is 3.33. The van der Waals surface area contributed by atoms with E-state index >= 15 is 0 Å². The minimum atomic E-state index is 1.22. The molecule has 0 unspecified atom stereocenters. The predicted octanol–water partition coefficient (Wildman–Crippen LogP) is 1.15. The van der Waals surface area contributed by atoms with Gasteiger partial charge in [-0.2, -0.15) is 0 Å². The molecule has 58 valence electrons. The average molecular weight is 147 g/mol. The lowest BCUT2D eigenvalue weighted by molar-refractivity contribution is 1.01. The van der Waals surface area contributed by atoms with E-state index in [1.54, 1.807) is 0 Å². The Balaban J connectivity index is 2.95. The van der Waals surface area contributed by atoms with Crippen LogP contribution in [0.1, 0.15) is 26.7 Å². The third-order valence-electron chi connectivity index (χ3n) is 2.51. The van der Waals surface area contributed by atoms with Gasteiger partial charge in [0.05, 0.1) is 0 Å². The van der Waals surface area contributed by atoms with Gasteiger partial charge < -0.3 is 4.98 Å². The highest BCUT2D eigenvalue weighted by Gasteiger charge is 2.04. The summed E-state index contributed by atoms with van der Waals surface area (Å²) in [4.78, 5) is 3.28. The maximum Gasteiger partial charge on any atom is 0.0442 e. The van der Waals surface area contributed by atoms with Gasteiger partial charge in [0.2, 0.25) is 0 Å². The van der Waals surface area contributed by atoms with Crippen molar-refractivity contribution in [3.63, 3.8) is 0 Å². The van der Waals surface area contributed by atoms with E-state index in [9.17, 15) is 0 Å². The first-order chi connectivity index (χ1) is 5.29. The van der Waals surface area contributed by atoms with Crippen molar-refractivity contribution in [2.75, 3.05) is 0 Å². The molecule has 1 nitrogen and oxygen atoms in total. The fraction of sp³-hybridized carbons (Fsp3) is 0.400. The summed E-state index contributed by atoms with van der Waals surface area (Å²) in [5.41, 5.74) is 3.02. The van der Waals surface area contributed by atoms with Gasteiger partial charge in [0.25, 0.3) is 0 Å². The fourth-order valence-corrected chi connectivity index (χ4v) is 1.71. The number of hydrogen-bond donors (Lipinski definition) is 1. The molecule has 0 saturated heterocycles. The summed E-state index contributed by atoms with van der Waals surface area (Å²) >= 11 is 0. The van der Waals surface area contributed by atoms with Gasteiger partial charge in [0.1, 0.15) is 0 Å². The van der Waals surface area contributed by atoms with Crippen LogP contribution in [0.3, 0.4) is 0 Å². The molecule has 1 aliphatic carbocycles. The fourth-order valence-electron chi connectivity index (χ4n) is 1.71. The minimum absolute atomic E-state index is 1.22. The van der Waals surface area contributed by atoms with Crippen LogP contribution >= 0.6 is 0 Å². The summed E-state index contributed by atoms with van der Waals surface area (Å²) in [5, 5.41) is 2.78. The Morgan fingerprint density at radius 3 is 2.64 bits per heavy atom. The zero-order valence-corrected chi connectivity index (χ0v) is 7.07. The summed E-state index contributed by atoms with van der Waals surface area (Å²) in [5.74, 6) is 0. The second kappa shape index (κ2) is 2.26. The van der Waals surface area contributed by atoms with Crippen molar-refractivity contribution in [2.45, 2.75) is 26.7 Å². The van der Waals surface area contributed by atoms with Crippen LogP contribution in [0.2, 0.25) is 0 Å². The van der Waals surface area contributed by atoms with E-state index in [4.69, 9.17) is 0 Å². The monoisotopic (exact) mass is 147 g/mol. The van der Waals surface area contributed by atoms with Gasteiger partial charge in [-0.15, -0.1) is 0 Å². The number of rotatable bonds is 0. The van der Waals surface area contributed by atoms with Crippen LogP contribution < -0.4 is 10.6 Å². The first kappa shape index (κ1) is 6.71. The Labute approximate surface area is 66.4 Å².